The van der Waals surface area contributed by atoms with Crippen molar-refractivity contribution in [3.8, 4) is 6.07 Å². The van der Waals surface area contributed by atoms with Crippen molar-refractivity contribution in [3.63, 3.8) is 0 Å². The van der Waals surface area contributed by atoms with Crippen molar-refractivity contribution in [2.75, 3.05) is 13.2 Å². The molecule has 0 amide bonds. The Kier molecular flexibility index (Phi) is 2.41. The Bertz CT molecular complexity index is 405. The van der Waals surface area contributed by atoms with Crippen molar-refractivity contribution < 1.29 is 4.74 Å². The maximum absolute atomic E-state index is 9.11. The summed E-state index contributed by atoms with van der Waals surface area (Å²) >= 11 is 0. The van der Waals surface area contributed by atoms with Crippen molar-refractivity contribution in [2.45, 2.75) is 25.2 Å². The van der Waals surface area contributed by atoms with E-state index < -0.39 is 5.41 Å². The number of ether oxygens (including phenoxy) is 1. The number of nitriles is 1. The smallest absolute Gasteiger partial charge is 0.163 e. The molecule has 1 fully saturated rings. The monoisotopic (exact) mass is 203 g/mol. The normalized spacial score (nSPS) is 18.3. The van der Waals surface area contributed by atoms with Gasteiger partial charge in [-0.3, -0.25) is 0 Å². The minimum absolute atomic E-state index is 0.350. The summed E-state index contributed by atoms with van der Waals surface area (Å²) in [5, 5.41) is 9.11. The summed E-state index contributed by atoms with van der Waals surface area (Å²) in [5.74, 6) is 0.950. The summed E-state index contributed by atoms with van der Waals surface area (Å²) in [6.45, 7) is 4.96. The van der Waals surface area contributed by atoms with Crippen LogP contribution >= 0.6 is 0 Å². The lowest BCUT2D eigenvalue weighted by Gasteiger charge is -2.33. The summed E-state index contributed by atoms with van der Waals surface area (Å²) in [6, 6.07) is 4.14. The minimum atomic E-state index is -0.606. The van der Waals surface area contributed by atoms with Gasteiger partial charge in [0.25, 0.3) is 0 Å². The molecule has 0 bridgehead atoms. The first kappa shape index (κ1) is 10.1. The van der Waals surface area contributed by atoms with E-state index in [9.17, 15) is 0 Å². The maximum Gasteiger partial charge on any atom is 0.163 e. The fourth-order valence-electron chi connectivity index (χ4n) is 1.47. The molecule has 0 atom stereocenters. The Hall–Kier alpha value is -1.47. The van der Waals surface area contributed by atoms with E-state index in [1.54, 1.807) is 6.20 Å². The van der Waals surface area contributed by atoms with E-state index in [-0.39, 0.29) is 0 Å². The molecule has 1 saturated heterocycles. The molecule has 1 aromatic heterocycles. The van der Waals surface area contributed by atoms with Crippen LogP contribution in [0.15, 0.2) is 12.3 Å². The van der Waals surface area contributed by atoms with Gasteiger partial charge in [0.1, 0.15) is 0 Å². The molecular weight excluding hydrogens is 190 g/mol. The second kappa shape index (κ2) is 3.59. The highest BCUT2D eigenvalue weighted by atomic mass is 16.5. The number of hydrogen-bond acceptors (Lipinski definition) is 4. The number of nitrogens with zero attached hydrogens (tertiary/aromatic N) is 3. The van der Waals surface area contributed by atoms with Gasteiger partial charge in [-0.2, -0.15) is 5.26 Å². The van der Waals surface area contributed by atoms with Gasteiger partial charge in [-0.05, 0) is 12.0 Å². The SMILES string of the molecule is CC(C)c1ccnc(C2(C#N)COC2)n1. The van der Waals surface area contributed by atoms with Crippen molar-refractivity contribution in [3.05, 3.63) is 23.8 Å². The topological polar surface area (TPSA) is 58.8 Å². The maximum atomic E-state index is 9.11. The zero-order valence-corrected chi connectivity index (χ0v) is 8.90. The molecule has 1 aromatic rings. The average Bonchev–Trinajstić information content (AvgIpc) is 2.17. The van der Waals surface area contributed by atoms with Crippen LogP contribution in [0.2, 0.25) is 0 Å². The largest absolute Gasteiger partial charge is 0.377 e. The first-order valence-electron chi connectivity index (χ1n) is 5.00. The highest BCUT2D eigenvalue weighted by Crippen LogP contribution is 2.29. The van der Waals surface area contributed by atoms with Crippen molar-refractivity contribution in [1.29, 1.82) is 5.26 Å². The third kappa shape index (κ3) is 1.59. The Morgan fingerprint density at radius 2 is 2.27 bits per heavy atom. The fraction of sp³-hybridized carbons (Fsp3) is 0.545. The molecule has 2 heterocycles. The molecule has 0 radical (unpaired) electrons. The third-order valence-electron chi connectivity index (χ3n) is 2.61. The van der Waals surface area contributed by atoms with Crippen LogP contribution in [0.1, 0.15) is 31.3 Å². The van der Waals surface area contributed by atoms with Crippen molar-refractivity contribution in [1.82, 2.24) is 9.97 Å². The van der Waals surface area contributed by atoms with Gasteiger partial charge in [0.2, 0.25) is 0 Å². The lowest BCUT2D eigenvalue weighted by Crippen LogP contribution is -2.46. The van der Waals surface area contributed by atoms with Gasteiger partial charge in [0, 0.05) is 11.9 Å². The Balaban J connectivity index is 2.37. The fourth-order valence-corrected chi connectivity index (χ4v) is 1.47. The molecule has 0 unspecified atom stereocenters. The summed E-state index contributed by atoms with van der Waals surface area (Å²) in [5.41, 5.74) is 0.367. The van der Waals surface area contributed by atoms with Crippen LogP contribution in [0.25, 0.3) is 0 Å². The van der Waals surface area contributed by atoms with Crippen molar-refractivity contribution in [2.24, 2.45) is 0 Å². The molecule has 1 aliphatic heterocycles. The standard InChI is InChI=1S/C11H13N3O/c1-8(2)9-3-4-13-10(14-9)11(5-12)6-15-7-11/h3-4,8H,6-7H2,1-2H3. The van der Waals surface area contributed by atoms with Gasteiger partial charge in [-0.1, -0.05) is 13.8 Å². The molecule has 0 aliphatic carbocycles. The lowest BCUT2D eigenvalue weighted by atomic mass is 9.86. The van der Waals surface area contributed by atoms with Crippen LogP contribution in [0.4, 0.5) is 0 Å². The molecule has 78 valence electrons. The highest BCUT2D eigenvalue weighted by molar-refractivity contribution is 5.25. The molecule has 4 nitrogen and oxygen atoms in total. The van der Waals surface area contributed by atoms with E-state index in [0.717, 1.165) is 5.69 Å². The van der Waals surface area contributed by atoms with Crippen LogP contribution in [-0.2, 0) is 10.2 Å². The van der Waals surface area contributed by atoms with Crippen LogP contribution in [0.5, 0.6) is 0 Å². The average molecular weight is 203 g/mol. The van der Waals surface area contributed by atoms with Crippen LogP contribution in [-0.4, -0.2) is 23.2 Å². The Morgan fingerprint density at radius 1 is 1.53 bits per heavy atom. The molecule has 15 heavy (non-hydrogen) atoms. The number of aromatic nitrogens is 2. The Morgan fingerprint density at radius 3 is 2.73 bits per heavy atom. The van der Waals surface area contributed by atoms with Gasteiger partial charge in [-0.25, -0.2) is 9.97 Å². The van der Waals surface area contributed by atoms with Crippen molar-refractivity contribution >= 4 is 0 Å². The zero-order valence-electron chi connectivity index (χ0n) is 8.90. The Labute approximate surface area is 88.9 Å². The van der Waals surface area contributed by atoms with E-state index in [4.69, 9.17) is 10.00 Å². The number of hydrogen-bond donors (Lipinski definition) is 0. The van der Waals surface area contributed by atoms with E-state index in [1.165, 1.54) is 0 Å². The molecule has 4 heteroatoms. The summed E-state index contributed by atoms with van der Waals surface area (Å²) < 4.78 is 5.08. The van der Waals surface area contributed by atoms with E-state index in [0.29, 0.717) is 25.0 Å². The highest BCUT2D eigenvalue weighted by Gasteiger charge is 2.43. The quantitative estimate of drug-likeness (QED) is 0.728. The molecule has 0 N–H and O–H groups in total. The molecule has 1 aliphatic rings. The lowest BCUT2D eigenvalue weighted by molar-refractivity contribution is -0.0340. The van der Waals surface area contributed by atoms with E-state index in [2.05, 4.69) is 29.9 Å². The van der Waals surface area contributed by atoms with Crippen LogP contribution in [0.3, 0.4) is 0 Å². The van der Waals surface area contributed by atoms with Gasteiger partial charge in [0.05, 0.1) is 19.3 Å². The van der Waals surface area contributed by atoms with Gasteiger partial charge in [-0.15, -0.1) is 0 Å². The van der Waals surface area contributed by atoms with E-state index in [1.807, 2.05) is 6.07 Å². The van der Waals surface area contributed by atoms with Gasteiger partial charge in [0.15, 0.2) is 11.2 Å². The molecule has 0 spiro atoms. The second-order valence-electron chi connectivity index (χ2n) is 4.15. The first-order chi connectivity index (χ1) is 7.18. The summed E-state index contributed by atoms with van der Waals surface area (Å²) in [4.78, 5) is 8.60. The predicted molar refractivity (Wildman–Crippen MR) is 54.2 cm³/mol. The van der Waals surface area contributed by atoms with Gasteiger partial charge < -0.3 is 4.74 Å². The summed E-state index contributed by atoms with van der Waals surface area (Å²) in [6.07, 6.45) is 1.72. The molecular formula is C11H13N3O. The number of rotatable bonds is 2. The molecule has 0 saturated carbocycles. The predicted octanol–water partition coefficient (Wildman–Crippen LogP) is 1.39. The van der Waals surface area contributed by atoms with E-state index >= 15 is 0 Å². The third-order valence-corrected chi connectivity index (χ3v) is 2.61. The van der Waals surface area contributed by atoms with Crippen LogP contribution in [0, 0.1) is 11.3 Å². The molecule has 0 aromatic carbocycles. The minimum Gasteiger partial charge on any atom is -0.377 e. The summed E-state index contributed by atoms with van der Waals surface area (Å²) in [7, 11) is 0. The first-order valence-corrected chi connectivity index (χ1v) is 5.00. The van der Waals surface area contributed by atoms with Gasteiger partial charge >= 0.3 is 0 Å². The zero-order chi connectivity index (χ0) is 10.9. The molecule has 2 rings (SSSR count). The second-order valence-corrected chi connectivity index (χ2v) is 4.15. The van der Waals surface area contributed by atoms with Crippen LogP contribution < -0.4 is 0 Å².